The van der Waals surface area contributed by atoms with Gasteiger partial charge < -0.3 is 26.6 Å². The quantitative estimate of drug-likeness (QED) is 0.177. The Labute approximate surface area is 280 Å². The molecule has 0 saturated carbocycles. The van der Waals surface area contributed by atoms with E-state index in [-0.39, 0.29) is 22.8 Å². The minimum Gasteiger partial charge on any atom is -1.00 e. The van der Waals surface area contributed by atoms with E-state index in [1.165, 1.54) is 27.9 Å². The van der Waals surface area contributed by atoms with Crippen molar-refractivity contribution in [2.75, 3.05) is 25.1 Å². The number of hydrogen-bond acceptors (Lipinski definition) is 3. The van der Waals surface area contributed by atoms with Crippen molar-refractivity contribution in [3.8, 4) is 5.75 Å². The molecule has 46 heavy (non-hydrogen) atoms. The maximum absolute atomic E-state index is 13.6. The maximum Gasteiger partial charge on any atom is 0.254 e. The van der Waals surface area contributed by atoms with Crippen molar-refractivity contribution < 1.29 is 31.1 Å². The smallest absolute Gasteiger partial charge is 0.254 e. The van der Waals surface area contributed by atoms with Crippen LogP contribution in [-0.2, 0) is 19.5 Å². The maximum atomic E-state index is 13.6. The molecule has 232 valence electrons. The van der Waals surface area contributed by atoms with E-state index >= 15 is 0 Å². The van der Waals surface area contributed by atoms with E-state index < -0.39 is 0 Å². The summed E-state index contributed by atoms with van der Waals surface area (Å²) in [5.41, 5.74) is 8.63. The van der Waals surface area contributed by atoms with E-state index in [9.17, 15) is 4.79 Å². The number of hydrogen-bond donors (Lipinski definition) is 0. The standard InChI is InChI=1S/C40H38N3O2.BrH/c1-27-42(35-16-7-8-17-36(35)43(27)26-37(44)31-20-19-28-11-3-4-12-29(28)23-31)22-10-21-41-25-32-24-30-13-5-6-14-33(30)39(32)34-15-9-18-38(45-2)40(34)41;/h3-9,11-20,23,32,39H,10,21-22,24-26H2,1-2H3;1H/q+1;/p-1/t32-,39+;/m0./s1. The zero-order chi connectivity index (χ0) is 30.5. The van der Waals surface area contributed by atoms with Crippen molar-refractivity contribution in [2.24, 2.45) is 5.92 Å². The third-order valence-electron chi connectivity index (χ3n) is 10.1. The number of aromatic nitrogens is 2. The highest BCUT2D eigenvalue weighted by Crippen LogP contribution is 2.51. The van der Waals surface area contributed by atoms with Crippen LogP contribution in [0, 0.1) is 12.8 Å². The minimum atomic E-state index is 0. The van der Waals surface area contributed by atoms with Crippen LogP contribution in [0.5, 0.6) is 5.75 Å². The number of Topliss-reactive ketones (excluding diaryl/α,β-unsaturated/α-hetero) is 1. The molecular formula is C40H38BrN3O2. The van der Waals surface area contributed by atoms with Gasteiger partial charge in [0.2, 0.25) is 5.78 Å². The van der Waals surface area contributed by atoms with Gasteiger partial charge in [-0.25, -0.2) is 9.13 Å². The Kier molecular flexibility index (Phi) is 8.16. The Bertz CT molecular complexity index is 2080. The number of aryl methyl sites for hydroxylation is 1. The topological polar surface area (TPSA) is 38.3 Å². The monoisotopic (exact) mass is 671 g/mol. The number of ketones is 1. The summed E-state index contributed by atoms with van der Waals surface area (Å²) < 4.78 is 10.5. The average Bonchev–Trinajstić information content (AvgIpc) is 3.58. The molecule has 0 unspecified atom stereocenters. The number of imidazole rings is 1. The molecule has 0 fully saturated rings. The third kappa shape index (κ3) is 5.09. The predicted molar refractivity (Wildman–Crippen MR) is 180 cm³/mol. The molecule has 0 radical (unpaired) electrons. The molecular weight excluding hydrogens is 634 g/mol. The lowest BCUT2D eigenvalue weighted by Gasteiger charge is -2.39. The number of methoxy groups -OCH3 is 1. The van der Waals surface area contributed by atoms with Crippen LogP contribution in [0.2, 0.25) is 0 Å². The van der Waals surface area contributed by atoms with Crippen molar-refractivity contribution in [3.05, 3.63) is 137 Å². The van der Waals surface area contributed by atoms with E-state index in [0.29, 0.717) is 18.4 Å². The van der Waals surface area contributed by atoms with E-state index in [1.807, 2.05) is 30.3 Å². The Morgan fingerprint density at radius 1 is 0.848 bits per heavy atom. The van der Waals surface area contributed by atoms with Gasteiger partial charge in [0.25, 0.3) is 5.82 Å². The van der Waals surface area contributed by atoms with Crippen LogP contribution >= 0.6 is 0 Å². The molecule has 2 aliphatic rings. The first kappa shape index (κ1) is 30.2. The minimum absolute atomic E-state index is 0. The molecule has 1 aromatic heterocycles. The molecule has 0 spiro atoms. The summed E-state index contributed by atoms with van der Waals surface area (Å²) in [4.78, 5) is 16.2. The molecule has 2 heterocycles. The lowest BCUT2D eigenvalue weighted by atomic mass is 9.81. The van der Waals surface area contributed by atoms with Crippen molar-refractivity contribution in [1.82, 2.24) is 4.57 Å². The second-order valence-corrected chi connectivity index (χ2v) is 12.6. The normalized spacial score (nSPS) is 16.5. The van der Waals surface area contributed by atoms with Crippen LogP contribution in [0.1, 0.15) is 45.2 Å². The van der Waals surface area contributed by atoms with Gasteiger partial charge in [0.05, 0.1) is 19.3 Å². The Morgan fingerprint density at radius 2 is 1.61 bits per heavy atom. The first-order valence-electron chi connectivity index (χ1n) is 16.1. The van der Waals surface area contributed by atoms with E-state index in [0.717, 1.165) is 65.9 Å². The van der Waals surface area contributed by atoms with Crippen LogP contribution in [0.15, 0.2) is 109 Å². The summed E-state index contributed by atoms with van der Waals surface area (Å²) >= 11 is 0. The first-order valence-corrected chi connectivity index (χ1v) is 16.1. The number of rotatable bonds is 8. The average molecular weight is 673 g/mol. The van der Waals surface area contributed by atoms with Crippen molar-refractivity contribution >= 4 is 33.3 Å². The van der Waals surface area contributed by atoms with Gasteiger partial charge in [-0.3, -0.25) is 4.79 Å². The second kappa shape index (κ2) is 12.4. The van der Waals surface area contributed by atoms with Gasteiger partial charge in [0.1, 0.15) is 5.75 Å². The summed E-state index contributed by atoms with van der Waals surface area (Å²) in [7, 11) is 1.79. The SMILES string of the molecule is COc1cccc2c1N(CCCn1c(C)[n+](CC(=O)c3ccc4ccccc4c3)c3ccccc31)C[C@@H]1Cc3ccccc3[C@H]21.[Br-]. The number of nitrogens with zero attached hydrogens (tertiary/aromatic N) is 3. The molecule has 6 heteroatoms. The number of fused-ring (bicyclic) bond motifs is 7. The van der Waals surface area contributed by atoms with Crippen LogP contribution < -0.4 is 31.2 Å². The fourth-order valence-electron chi connectivity index (χ4n) is 8.05. The molecule has 5 nitrogen and oxygen atoms in total. The number of para-hydroxylation sites is 3. The van der Waals surface area contributed by atoms with Gasteiger partial charge >= 0.3 is 0 Å². The molecule has 0 saturated heterocycles. The predicted octanol–water partition coefficient (Wildman–Crippen LogP) is 4.50. The van der Waals surface area contributed by atoms with E-state index in [2.05, 4.69) is 99.8 Å². The molecule has 0 amide bonds. The van der Waals surface area contributed by atoms with Gasteiger partial charge in [0, 0.05) is 37.9 Å². The summed E-state index contributed by atoms with van der Waals surface area (Å²) in [6.07, 6.45) is 2.11. The van der Waals surface area contributed by atoms with Gasteiger partial charge in [-0.2, -0.15) is 0 Å². The number of anilines is 1. The summed E-state index contributed by atoms with van der Waals surface area (Å²) in [5, 5.41) is 2.24. The van der Waals surface area contributed by atoms with Crippen LogP contribution in [0.25, 0.3) is 21.8 Å². The van der Waals surface area contributed by atoms with E-state index in [4.69, 9.17) is 4.74 Å². The molecule has 5 aromatic carbocycles. The lowest BCUT2D eigenvalue weighted by Crippen LogP contribution is -3.00. The van der Waals surface area contributed by atoms with Crippen LogP contribution in [-0.4, -0.2) is 30.5 Å². The lowest BCUT2D eigenvalue weighted by molar-refractivity contribution is -0.664. The molecule has 8 rings (SSSR count). The number of halogens is 1. The highest BCUT2D eigenvalue weighted by Gasteiger charge is 2.41. The fraction of sp³-hybridized carbons (Fsp3) is 0.250. The van der Waals surface area contributed by atoms with Gasteiger partial charge in [-0.15, -0.1) is 0 Å². The number of carbonyl (C=O) groups excluding carboxylic acids is 1. The van der Waals surface area contributed by atoms with Crippen molar-refractivity contribution in [3.63, 3.8) is 0 Å². The Hall–Kier alpha value is -4.42. The molecule has 1 aliphatic heterocycles. The molecule has 2 atom stereocenters. The Morgan fingerprint density at radius 3 is 2.48 bits per heavy atom. The third-order valence-corrected chi connectivity index (χ3v) is 10.1. The summed E-state index contributed by atoms with van der Waals surface area (Å²) in [5.74, 6) is 3.19. The number of carbonyl (C=O) groups is 1. The zero-order valence-corrected chi connectivity index (χ0v) is 27.9. The molecule has 0 bridgehead atoms. The van der Waals surface area contributed by atoms with Crippen LogP contribution in [0.4, 0.5) is 5.69 Å². The summed E-state index contributed by atoms with van der Waals surface area (Å²) in [6.45, 7) is 5.30. The summed E-state index contributed by atoms with van der Waals surface area (Å²) in [6, 6.07) is 38.2. The van der Waals surface area contributed by atoms with Crippen molar-refractivity contribution in [1.29, 1.82) is 0 Å². The molecule has 1 aliphatic carbocycles. The van der Waals surface area contributed by atoms with Gasteiger partial charge in [0.15, 0.2) is 17.6 Å². The Balaban J connectivity index is 0.00000338. The molecule has 6 aromatic rings. The highest BCUT2D eigenvalue weighted by atomic mass is 79.9. The zero-order valence-electron chi connectivity index (χ0n) is 26.3. The van der Waals surface area contributed by atoms with Gasteiger partial charge in [-0.05, 0) is 64.1 Å². The second-order valence-electron chi connectivity index (χ2n) is 12.6. The first-order chi connectivity index (χ1) is 22.1. The highest BCUT2D eigenvalue weighted by molar-refractivity contribution is 5.99. The largest absolute Gasteiger partial charge is 1.00 e. The van der Waals surface area contributed by atoms with E-state index in [1.54, 1.807) is 7.11 Å². The van der Waals surface area contributed by atoms with Crippen LogP contribution in [0.3, 0.4) is 0 Å². The number of benzene rings is 5. The molecule has 0 N–H and O–H groups in total. The van der Waals surface area contributed by atoms with Crippen molar-refractivity contribution in [2.45, 2.75) is 38.8 Å². The fourth-order valence-corrected chi connectivity index (χ4v) is 8.05. The number of ether oxygens (including phenoxy) is 1. The van der Waals surface area contributed by atoms with Gasteiger partial charge in [-0.1, -0.05) is 84.9 Å².